The van der Waals surface area contributed by atoms with Gasteiger partial charge in [-0.3, -0.25) is 0 Å². The molecule has 0 aromatic heterocycles. The number of rotatable bonds is 10. The van der Waals surface area contributed by atoms with Gasteiger partial charge in [-0.15, -0.1) is 0 Å². The molecule has 0 aliphatic heterocycles. The first-order chi connectivity index (χ1) is 18.4. The Hall–Kier alpha value is -3.98. The summed E-state index contributed by atoms with van der Waals surface area (Å²) in [4.78, 5) is 31.8. The van der Waals surface area contributed by atoms with Crippen LogP contribution in [-0.2, 0) is 22.6 Å². The highest BCUT2D eigenvalue weighted by atomic mass is 32.2. The Labute approximate surface area is 227 Å². The highest BCUT2D eigenvalue weighted by Gasteiger charge is 2.19. The number of nitrogens with zero attached hydrogens (tertiary/aromatic N) is 2. The smallest absolute Gasteiger partial charge is 0.340 e. The van der Waals surface area contributed by atoms with E-state index in [0.717, 1.165) is 28.4 Å². The lowest BCUT2D eigenvalue weighted by atomic mass is 10.1. The first-order valence-electron chi connectivity index (χ1n) is 11.9. The topological polar surface area (TPSA) is 86.7 Å². The Morgan fingerprint density at radius 2 is 1.29 bits per heavy atom. The van der Waals surface area contributed by atoms with Crippen LogP contribution in [0.5, 0.6) is 11.5 Å². The van der Waals surface area contributed by atoms with Gasteiger partial charge in [-0.25, -0.2) is 14.6 Å². The monoisotopic (exact) mass is 536 g/mol. The van der Waals surface area contributed by atoms with E-state index in [9.17, 15) is 9.59 Å². The normalized spacial score (nSPS) is 11.0. The molecule has 0 radical (unpaired) electrons. The zero-order valence-corrected chi connectivity index (χ0v) is 23.0. The largest absolute Gasteiger partial charge is 0.497 e. The Balaban J connectivity index is 2.10. The number of hydrogen-bond acceptors (Lipinski definition) is 8. The third-order valence-electron chi connectivity index (χ3n) is 5.65. The van der Waals surface area contributed by atoms with Crippen LogP contribution in [0, 0.1) is 0 Å². The second-order valence-corrected chi connectivity index (χ2v) is 9.33. The third-order valence-corrected chi connectivity index (χ3v) is 6.55. The van der Waals surface area contributed by atoms with Crippen LogP contribution in [0.25, 0.3) is 0 Å². The summed E-state index contributed by atoms with van der Waals surface area (Å²) >= 11 is 1.54. The van der Waals surface area contributed by atoms with Gasteiger partial charge in [0, 0.05) is 13.1 Å². The number of thioether (sulfide) groups is 1. The zero-order chi connectivity index (χ0) is 27.5. The SMILES string of the molecule is CCSC(=Nc1cc(C(=O)OC)ccc1C(=O)OC)N(Cc1ccc(OC)cc1)Cc1ccc(OC)cc1. The molecule has 0 saturated heterocycles. The summed E-state index contributed by atoms with van der Waals surface area (Å²) in [6.07, 6.45) is 0. The summed E-state index contributed by atoms with van der Waals surface area (Å²) < 4.78 is 20.5. The van der Waals surface area contributed by atoms with Crippen LogP contribution in [0.4, 0.5) is 5.69 Å². The molecule has 0 fully saturated rings. The average molecular weight is 537 g/mol. The standard InChI is InChI=1S/C29H32N2O6S/c1-6-38-29(30-26-17-22(27(32)36-4)11-16-25(26)28(33)37-5)31(18-20-7-12-23(34-2)13-8-20)19-21-9-14-24(35-3)15-10-21/h7-17H,6,18-19H2,1-5H3. The Morgan fingerprint density at radius 1 is 0.763 bits per heavy atom. The maximum absolute atomic E-state index is 12.5. The lowest BCUT2D eigenvalue weighted by Gasteiger charge is -2.26. The minimum Gasteiger partial charge on any atom is -0.497 e. The van der Waals surface area contributed by atoms with E-state index in [-0.39, 0.29) is 11.1 Å². The van der Waals surface area contributed by atoms with Crippen molar-refractivity contribution < 1.29 is 28.5 Å². The van der Waals surface area contributed by atoms with Crippen LogP contribution < -0.4 is 9.47 Å². The van der Waals surface area contributed by atoms with Gasteiger partial charge >= 0.3 is 11.9 Å². The number of methoxy groups -OCH3 is 4. The molecule has 3 aromatic rings. The molecule has 0 heterocycles. The molecule has 0 saturated carbocycles. The maximum Gasteiger partial charge on any atom is 0.340 e. The van der Waals surface area contributed by atoms with Crippen LogP contribution in [-0.4, -0.2) is 56.2 Å². The molecule has 8 nitrogen and oxygen atoms in total. The summed E-state index contributed by atoms with van der Waals surface area (Å²) in [5.74, 6) is 1.23. The molecular formula is C29H32N2O6S. The van der Waals surface area contributed by atoms with E-state index in [1.54, 1.807) is 20.3 Å². The van der Waals surface area contributed by atoms with E-state index in [0.29, 0.717) is 23.9 Å². The highest BCUT2D eigenvalue weighted by molar-refractivity contribution is 8.13. The maximum atomic E-state index is 12.5. The molecule has 3 aromatic carbocycles. The first kappa shape index (κ1) is 28.6. The molecule has 0 atom stereocenters. The fourth-order valence-corrected chi connectivity index (χ4v) is 4.40. The van der Waals surface area contributed by atoms with Crippen molar-refractivity contribution >= 4 is 34.6 Å². The first-order valence-corrected chi connectivity index (χ1v) is 12.9. The molecule has 0 amide bonds. The lowest BCUT2D eigenvalue weighted by molar-refractivity contribution is 0.0587. The van der Waals surface area contributed by atoms with E-state index >= 15 is 0 Å². The van der Waals surface area contributed by atoms with Crippen molar-refractivity contribution in [1.29, 1.82) is 0 Å². The van der Waals surface area contributed by atoms with E-state index in [2.05, 4.69) is 4.90 Å². The van der Waals surface area contributed by atoms with Crippen LogP contribution in [0.3, 0.4) is 0 Å². The van der Waals surface area contributed by atoms with Gasteiger partial charge in [-0.1, -0.05) is 43.0 Å². The molecule has 3 rings (SSSR count). The molecule has 0 spiro atoms. The Morgan fingerprint density at radius 3 is 1.74 bits per heavy atom. The molecule has 38 heavy (non-hydrogen) atoms. The number of esters is 2. The summed E-state index contributed by atoms with van der Waals surface area (Å²) in [6.45, 7) is 3.13. The summed E-state index contributed by atoms with van der Waals surface area (Å²) in [6, 6.07) is 20.3. The van der Waals surface area contributed by atoms with Gasteiger partial charge in [0.25, 0.3) is 0 Å². The van der Waals surface area contributed by atoms with Crippen molar-refractivity contribution in [1.82, 2.24) is 4.90 Å². The van der Waals surface area contributed by atoms with Crippen LogP contribution >= 0.6 is 11.8 Å². The number of benzene rings is 3. The number of carbonyl (C=O) groups is 2. The summed E-state index contributed by atoms with van der Waals surface area (Å²) in [5.41, 5.74) is 2.98. The van der Waals surface area contributed by atoms with E-state index in [4.69, 9.17) is 23.9 Å². The van der Waals surface area contributed by atoms with Crippen molar-refractivity contribution in [2.45, 2.75) is 20.0 Å². The second kappa shape index (κ2) is 14.1. The van der Waals surface area contributed by atoms with Crippen molar-refractivity contribution in [2.24, 2.45) is 4.99 Å². The Bertz CT molecular complexity index is 1210. The van der Waals surface area contributed by atoms with Crippen LogP contribution in [0.15, 0.2) is 71.7 Å². The molecule has 0 aliphatic rings. The van der Waals surface area contributed by atoms with Gasteiger partial charge in [0.1, 0.15) is 11.5 Å². The third kappa shape index (κ3) is 7.52. The van der Waals surface area contributed by atoms with Gasteiger partial charge in [0.15, 0.2) is 5.17 Å². The molecule has 0 N–H and O–H groups in total. The fourth-order valence-electron chi connectivity index (χ4n) is 3.67. The van der Waals surface area contributed by atoms with E-state index < -0.39 is 11.9 Å². The highest BCUT2D eigenvalue weighted by Crippen LogP contribution is 2.27. The predicted octanol–water partition coefficient (Wildman–Crippen LogP) is 5.72. The second-order valence-electron chi connectivity index (χ2n) is 8.09. The van der Waals surface area contributed by atoms with Gasteiger partial charge in [-0.05, 0) is 59.3 Å². The Kier molecular flexibility index (Phi) is 10.6. The molecule has 200 valence electrons. The quantitative estimate of drug-likeness (QED) is 0.185. The summed E-state index contributed by atoms with van der Waals surface area (Å²) in [7, 11) is 5.89. The molecular weight excluding hydrogens is 504 g/mol. The summed E-state index contributed by atoms with van der Waals surface area (Å²) in [5, 5.41) is 0.686. The average Bonchev–Trinajstić information content (AvgIpc) is 2.96. The zero-order valence-electron chi connectivity index (χ0n) is 22.2. The van der Waals surface area contributed by atoms with Gasteiger partial charge in [0.05, 0.1) is 45.3 Å². The predicted molar refractivity (Wildman–Crippen MR) is 150 cm³/mol. The van der Waals surface area contributed by atoms with Crippen molar-refractivity contribution in [3.8, 4) is 11.5 Å². The molecule has 0 unspecified atom stereocenters. The minimum absolute atomic E-state index is 0.253. The fraction of sp³-hybridized carbons (Fsp3) is 0.276. The minimum atomic E-state index is -0.544. The van der Waals surface area contributed by atoms with Crippen molar-refractivity contribution in [2.75, 3.05) is 34.2 Å². The van der Waals surface area contributed by atoms with Crippen LogP contribution in [0.1, 0.15) is 38.8 Å². The lowest BCUT2D eigenvalue weighted by Crippen LogP contribution is -2.28. The number of hydrogen-bond donors (Lipinski definition) is 0. The van der Waals surface area contributed by atoms with Gasteiger partial charge in [0.2, 0.25) is 0 Å². The van der Waals surface area contributed by atoms with E-state index in [1.165, 1.54) is 38.1 Å². The number of ether oxygens (including phenoxy) is 4. The molecule has 9 heteroatoms. The van der Waals surface area contributed by atoms with Gasteiger partial charge in [-0.2, -0.15) is 0 Å². The number of amidine groups is 1. The van der Waals surface area contributed by atoms with E-state index in [1.807, 2.05) is 55.5 Å². The number of aliphatic imine (C=N–C) groups is 1. The van der Waals surface area contributed by atoms with Crippen molar-refractivity contribution in [3.63, 3.8) is 0 Å². The number of carbonyl (C=O) groups excluding carboxylic acids is 2. The van der Waals surface area contributed by atoms with Crippen molar-refractivity contribution in [3.05, 3.63) is 89.0 Å². The molecule has 0 aliphatic carbocycles. The van der Waals surface area contributed by atoms with Crippen LogP contribution in [0.2, 0.25) is 0 Å². The van der Waals surface area contributed by atoms with Gasteiger partial charge < -0.3 is 23.8 Å². The molecule has 0 bridgehead atoms.